The molecule has 15 heavy (non-hydrogen) atoms. The number of piperidine rings is 1. The highest BCUT2D eigenvalue weighted by Gasteiger charge is 2.18. The Morgan fingerprint density at radius 1 is 0.867 bits per heavy atom. The van der Waals surface area contributed by atoms with Gasteiger partial charge in [-0.3, -0.25) is 0 Å². The van der Waals surface area contributed by atoms with Crippen molar-refractivity contribution in [2.24, 2.45) is 11.5 Å². The van der Waals surface area contributed by atoms with Crippen molar-refractivity contribution in [1.29, 1.82) is 0 Å². The van der Waals surface area contributed by atoms with Crippen LogP contribution in [0.5, 0.6) is 0 Å². The Morgan fingerprint density at radius 2 is 1.27 bits per heavy atom. The van der Waals surface area contributed by atoms with Crippen LogP contribution in [0.1, 0.15) is 32.1 Å². The normalized spacial score (nSPS) is 24.4. The van der Waals surface area contributed by atoms with E-state index in [0.29, 0.717) is 12.1 Å². The molecule has 1 aliphatic heterocycles. The molecule has 0 saturated carbocycles. The van der Waals surface area contributed by atoms with Crippen LogP contribution in [0.15, 0.2) is 0 Å². The molecule has 0 aromatic heterocycles. The zero-order valence-corrected chi connectivity index (χ0v) is 11.4. The van der Waals surface area contributed by atoms with Crippen LogP contribution in [0.4, 0.5) is 0 Å². The summed E-state index contributed by atoms with van der Waals surface area (Å²) in [6.07, 6.45) is 6.14. The van der Waals surface area contributed by atoms with Crippen molar-refractivity contribution in [3.05, 3.63) is 0 Å². The van der Waals surface area contributed by atoms with Crippen LogP contribution in [0, 0.1) is 0 Å². The smallest absolute Gasteiger partial charge is 0.00816 e. The third-order valence-corrected chi connectivity index (χ3v) is 2.61. The molecular formula is C9H24Cl3N3. The Labute approximate surface area is 111 Å². The minimum absolute atomic E-state index is 0. The molecule has 2 atom stereocenters. The first kappa shape index (κ1) is 21.1. The van der Waals surface area contributed by atoms with Gasteiger partial charge in [0.2, 0.25) is 0 Å². The molecule has 2 unspecified atom stereocenters. The first-order valence-corrected chi connectivity index (χ1v) is 5.03. The van der Waals surface area contributed by atoms with Gasteiger partial charge < -0.3 is 16.8 Å². The third kappa shape index (κ3) is 8.55. The SMILES string of the molecule is Cl.Cl.Cl.NCCC1CCCC(CCN)N1. The molecule has 0 aromatic carbocycles. The second-order valence-electron chi connectivity index (χ2n) is 3.65. The summed E-state index contributed by atoms with van der Waals surface area (Å²) < 4.78 is 0. The van der Waals surface area contributed by atoms with Gasteiger partial charge in [-0.05, 0) is 38.8 Å². The van der Waals surface area contributed by atoms with E-state index in [2.05, 4.69) is 5.32 Å². The van der Waals surface area contributed by atoms with Gasteiger partial charge in [-0.25, -0.2) is 0 Å². The van der Waals surface area contributed by atoms with E-state index in [-0.39, 0.29) is 37.2 Å². The van der Waals surface area contributed by atoms with E-state index in [0.717, 1.165) is 25.9 Å². The van der Waals surface area contributed by atoms with Crippen molar-refractivity contribution >= 4 is 37.2 Å². The summed E-state index contributed by atoms with van der Waals surface area (Å²) in [4.78, 5) is 0. The fourth-order valence-corrected chi connectivity index (χ4v) is 1.97. The molecule has 0 amide bonds. The Hall–Kier alpha value is 0.750. The standard InChI is InChI=1S/C9H21N3.3ClH/c10-6-4-8-2-1-3-9(12-8)5-7-11;;;/h8-9,12H,1-7,10-11H2;3*1H. The third-order valence-electron chi connectivity index (χ3n) is 2.61. The van der Waals surface area contributed by atoms with Crippen LogP contribution in [0.2, 0.25) is 0 Å². The maximum atomic E-state index is 5.51. The lowest BCUT2D eigenvalue weighted by molar-refractivity contribution is 0.301. The van der Waals surface area contributed by atoms with E-state index < -0.39 is 0 Å². The van der Waals surface area contributed by atoms with Gasteiger partial charge in [0.1, 0.15) is 0 Å². The second-order valence-corrected chi connectivity index (χ2v) is 3.65. The molecule has 0 radical (unpaired) electrons. The molecule has 0 spiro atoms. The highest BCUT2D eigenvalue weighted by molar-refractivity contribution is 5.86. The van der Waals surface area contributed by atoms with Gasteiger partial charge in [0.25, 0.3) is 0 Å². The van der Waals surface area contributed by atoms with Crippen molar-refractivity contribution in [3.8, 4) is 0 Å². The number of nitrogens with one attached hydrogen (secondary N) is 1. The largest absolute Gasteiger partial charge is 0.330 e. The topological polar surface area (TPSA) is 64.1 Å². The summed E-state index contributed by atoms with van der Waals surface area (Å²) in [5, 5.41) is 3.60. The fraction of sp³-hybridized carbons (Fsp3) is 1.00. The van der Waals surface area contributed by atoms with Gasteiger partial charge in [-0.2, -0.15) is 0 Å². The molecule has 1 rings (SSSR count). The van der Waals surface area contributed by atoms with E-state index in [9.17, 15) is 0 Å². The van der Waals surface area contributed by atoms with Gasteiger partial charge in [-0.15, -0.1) is 37.2 Å². The van der Waals surface area contributed by atoms with Crippen LogP contribution in [-0.4, -0.2) is 25.2 Å². The highest BCUT2D eigenvalue weighted by Crippen LogP contribution is 2.15. The Balaban J connectivity index is -0.000000480. The number of hydrogen-bond donors (Lipinski definition) is 3. The van der Waals surface area contributed by atoms with Crippen molar-refractivity contribution in [2.45, 2.75) is 44.2 Å². The van der Waals surface area contributed by atoms with E-state index in [1.165, 1.54) is 19.3 Å². The quantitative estimate of drug-likeness (QED) is 0.730. The first-order valence-electron chi connectivity index (χ1n) is 5.03. The number of nitrogens with two attached hydrogens (primary N) is 2. The predicted octanol–water partition coefficient (Wildman–Crippen LogP) is 1.46. The van der Waals surface area contributed by atoms with Crippen LogP contribution in [0.3, 0.4) is 0 Å². The van der Waals surface area contributed by atoms with Gasteiger partial charge in [-0.1, -0.05) is 6.42 Å². The summed E-state index contributed by atoms with van der Waals surface area (Å²) in [6, 6.07) is 1.31. The summed E-state index contributed by atoms with van der Waals surface area (Å²) in [6.45, 7) is 1.60. The molecule has 0 bridgehead atoms. The number of hydrogen-bond acceptors (Lipinski definition) is 3. The summed E-state index contributed by atoms with van der Waals surface area (Å²) in [5.74, 6) is 0. The Morgan fingerprint density at radius 3 is 1.60 bits per heavy atom. The van der Waals surface area contributed by atoms with E-state index in [1.54, 1.807) is 0 Å². The lowest BCUT2D eigenvalue weighted by Gasteiger charge is -2.30. The van der Waals surface area contributed by atoms with Crippen molar-refractivity contribution in [1.82, 2.24) is 5.32 Å². The summed E-state index contributed by atoms with van der Waals surface area (Å²) in [5.41, 5.74) is 11.0. The highest BCUT2D eigenvalue weighted by atomic mass is 35.5. The van der Waals surface area contributed by atoms with E-state index in [4.69, 9.17) is 11.5 Å². The lowest BCUT2D eigenvalue weighted by atomic mass is 9.95. The molecule has 1 heterocycles. The predicted molar refractivity (Wildman–Crippen MR) is 73.6 cm³/mol. The maximum absolute atomic E-state index is 5.51. The van der Waals surface area contributed by atoms with Crippen LogP contribution in [-0.2, 0) is 0 Å². The molecular weight excluding hydrogens is 256 g/mol. The molecule has 6 heteroatoms. The molecule has 1 saturated heterocycles. The molecule has 1 aliphatic rings. The van der Waals surface area contributed by atoms with Gasteiger partial charge in [0.05, 0.1) is 0 Å². The van der Waals surface area contributed by atoms with Crippen molar-refractivity contribution in [2.75, 3.05) is 13.1 Å². The molecule has 96 valence electrons. The van der Waals surface area contributed by atoms with E-state index in [1.807, 2.05) is 0 Å². The minimum atomic E-state index is 0. The number of rotatable bonds is 4. The molecule has 1 fully saturated rings. The van der Waals surface area contributed by atoms with Gasteiger partial charge in [0, 0.05) is 12.1 Å². The molecule has 0 aromatic rings. The average Bonchev–Trinajstić information content (AvgIpc) is 2.06. The van der Waals surface area contributed by atoms with Crippen molar-refractivity contribution < 1.29 is 0 Å². The van der Waals surface area contributed by atoms with Crippen LogP contribution < -0.4 is 16.8 Å². The molecule has 0 aliphatic carbocycles. The van der Waals surface area contributed by atoms with Gasteiger partial charge in [0.15, 0.2) is 0 Å². The zero-order valence-electron chi connectivity index (χ0n) is 8.98. The Kier molecular flexibility index (Phi) is 18.0. The fourth-order valence-electron chi connectivity index (χ4n) is 1.97. The second kappa shape index (κ2) is 12.8. The van der Waals surface area contributed by atoms with E-state index >= 15 is 0 Å². The Bertz CT molecular complexity index is 111. The van der Waals surface area contributed by atoms with Crippen LogP contribution in [0.25, 0.3) is 0 Å². The van der Waals surface area contributed by atoms with Crippen molar-refractivity contribution in [3.63, 3.8) is 0 Å². The number of halogens is 3. The zero-order chi connectivity index (χ0) is 8.81. The molecule has 5 N–H and O–H groups in total. The first-order chi connectivity index (χ1) is 5.86. The summed E-state index contributed by atoms with van der Waals surface area (Å²) >= 11 is 0. The average molecular weight is 281 g/mol. The van der Waals surface area contributed by atoms with Crippen LogP contribution >= 0.6 is 37.2 Å². The lowest BCUT2D eigenvalue weighted by Crippen LogP contribution is -2.44. The monoisotopic (exact) mass is 279 g/mol. The molecule has 3 nitrogen and oxygen atoms in total. The summed E-state index contributed by atoms with van der Waals surface area (Å²) in [7, 11) is 0. The van der Waals surface area contributed by atoms with Gasteiger partial charge >= 0.3 is 0 Å². The minimum Gasteiger partial charge on any atom is -0.330 e. The maximum Gasteiger partial charge on any atom is 0.00816 e.